The van der Waals surface area contributed by atoms with E-state index < -0.39 is 0 Å². The number of para-hydroxylation sites is 2. The van der Waals surface area contributed by atoms with Crippen LogP contribution in [0.25, 0.3) is 11.6 Å². The summed E-state index contributed by atoms with van der Waals surface area (Å²) in [5, 5.41) is 12.6. The van der Waals surface area contributed by atoms with Gasteiger partial charge in [-0.2, -0.15) is 29.5 Å². The Labute approximate surface area is 298 Å². The van der Waals surface area contributed by atoms with Crippen molar-refractivity contribution >= 4 is 11.6 Å². The van der Waals surface area contributed by atoms with Crippen molar-refractivity contribution in [2.24, 2.45) is 0 Å². The van der Waals surface area contributed by atoms with E-state index in [1.807, 2.05) is 83.9 Å². The number of piperazine rings is 2. The number of nitrogens with one attached hydrogen (secondary N) is 1. The minimum atomic E-state index is 0.0511. The standard InChI is InChI=1S/C23H27N5O3.C14H19N5O/c1-17-14-23(28(25-17)21-8-5-9-22(24-21)29-2)27-12-10-26(11-13-27)15-18-16-30-19-6-3-4-7-20(19)31-18;1-11-10-14(18-8-6-15-7-9-18)19(17-11)12-4-3-5-13(16-12)20-2/h3-9,14,18H,10-13,15-16H2,1-2H3;3-5,10,15H,6-9H2,1-2H3/t18-;/m0./s1. The molecule has 0 saturated carbocycles. The lowest BCUT2D eigenvalue weighted by Gasteiger charge is -2.38. The van der Waals surface area contributed by atoms with E-state index in [2.05, 4.69) is 52.3 Å². The monoisotopic (exact) mass is 694 g/mol. The van der Waals surface area contributed by atoms with Gasteiger partial charge in [0.25, 0.3) is 0 Å². The minimum absolute atomic E-state index is 0.0511. The third-order valence-electron chi connectivity index (χ3n) is 9.06. The maximum absolute atomic E-state index is 6.13. The summed E-state index contributed by atoms with van der Waals surface area (Å²) < 4.78 is 26.3. The molecule has 0 amide bonds. The fourth-order valence-electron chi connectivity index (χ4n) is 6.52. The molecule has 14 nitrogen and oxygen atoms in total. The Balaban J connectivity index is 0.000000175. The summed E-state index contributed by atoms with van der Waals surface area (Å²) in [7, 11) is 3.25. The van der Waals surface area contributed by atoms with Gasteiger partial charge in [0, 0.05) is 83.2 Å². The number of pyridine rings is 2. The number of benzene rings is 1. The molecule has 2 fully saturated rings. The number of hydrogen-bond donors (Lipinski definition) is 1. The molecule has 0 aliphatic carbocycles. The van der Waals surface area contributed by atoms with Gasteiger partial charge >= 0.3 is 0 Å². The first-order valence-electron chi connectivity index (χ1n) is 17.4. The lowest BCUT2D eigenvalue weighted by Crippen LogP contribution is -2.51. The zero-order valence-electron chi connectivity index (χ0n) is 29.7. The number of aromatic nitrogens is 6. The van der Waals surface area contributed by atoms with E-state index in [-0.39, 0.29) is 6.10 Å². The Bertz CT molecular complexity index is 1900. The highest BCUT2D eigenvalue weighted by molar-refractivity contribution is 5.48. The number of hydrogen-bond acceptors (Lipinski definition) is 12. The van der Waals surface area contributed by atoms with Crippen LogP contribution in [-0.4, -0.2) is 120 Å². The van der Waals surface area contributed by atoms with Gasteiger partial charge in [0.2, 0.25) is 11.8 Å². The molecule has 3 aliphatic rings. The second-order valence-corrected chi connectivity index (χ2v) is 12.7. The van der Waals surface area contributed by atoms with Gasteiger partial charge in [-0.05, 0) is 38.1 Å². The van der Waals surface area contributed by atoms with E-state index >= 15 is 0 Å². The fourth-order valence-corrected chi connectivity index (χ4v) is 6.52. The Kier molecular flexibility index (Phi) is 10.5. The summed E-state index contributed by atoms with van der Waals surface area (Å²) in [5.41, 5.74) is 1.96. The van der Waals surface area contributed by atoms with Crippen LogP contribution in [0.3, 0.4) is 0 Å². The summed E-state index contributed by atoms with van der Waals surface area (Å²) in [6.07, 6.45) is 0.0511. The highest BCUT2D eigenvalue weighted by atomic mass is 16.6. The average Bonchev–Trinajstić information content (AvgIpc) is 3.78. The van der Waals surface area contributed by atoms with Crippen LogP contribution in [0, 0.1) is 13.8 Å². The molecule has 2 saturated heterocycles. The van der Waals surface area contributed by atoms with Gasteiger partial charge in [-0.25, -0.2) is 0 Å². The van der Waals surface area contributed by atoms with Gasteiger partial charge in [-0.15, -0.1) is 0 Å². The Morgan fingerprint density at radius 1 is 0.686 bits per heavy atom. The van der Waals surface area contributed by atoms with E-state index in [9.17, 15) is 0 Å². The second-order valence-electron chi connectivity index (χ2n) is 12.7. The largest absolute Gasteiger partial charge is 0.486 e. The van der Waals surface area contributed by atoms with Gasteiger partial charge in [0.15, 0.2) is 23.1 Å². The maximum atomic E-state index is 6.13. The topological polar surface area (TPSA) is 120 Å². The Hall–Kier alpha value is -5.34. The first kappa shape index (κ1) is 34.1. The predicted molar refractivity (Wildman–Crippen MR) is 195 cm³/mol. The SMILES string of the molecule is COc1cccc(-n2nc(C)cc2N2CCN(C[C@H]3COc4ccccc4O3)CC2)n1.COc1cccc(-n2nc(C)cc2N2CCNCC2)n1. The Morgan fingerprint density at radius 2 is 1.24 bits per heavy atom. The van der Waals surface area contributed by atoms with Gasteiger partial charge in [-0.3, -0.25) is 4.90 Å². The third-order valence-corrected chi connectivity index (χ3v) is 9.06. The van der Waals surface area contributed by atoms with Crippen molar-refractivity contribution in [2.45, 2.75) is 20.0 Å². The molecule has 0 spiro atoms. The van der Waals surface area contributed by atoms with Crippen molar-refractivity contribution in [3.63, 3.8) is 0 Å². The molecular weight excluding hydrogens is 648 g/mol. The summed E-state index contributed by atoms with van der Waals surface area (Å²) in [4.78, 5) is 16.2. The first-order valence-corrected chi connectivity index (χ1v) is 17.4. The highest BCUT2D eigenvalue weighted by Crippen LogP contribution is 2.31. The van der Waals surface area contributed by atoms with Gasteiger partial charge in [-0.1, -0.05) is 24.3 Å². The number of ether oxygens (including phenoxy) is 4. The Morgan fingerprint density at radius 3 is 1.80 bits per heavy atom. The number of rotatable bonds is 8. The highest BCUT2D eigenvalue weighted by Gasteiger charge is 2.27. The molecule has 7 heterocycles. The minimum Gasteiger partial charge on any atom is -0.486 e. The number of methoxy groups -OCH3 is 2. The van der Waals surface area contributed by atoms with Crippen LogP contribution in [-0.2, 0) is 0 Å². The van der Waals surface area contributed by atoms with E-state index in [1.165, 1.54) is 0 Å². The summed E-state index contributed by atoms with van der Waals surface area (Å²) in [5.74, 6) is 6.54. The molecule has 3 aliphatic heterocycles. The lowest BCUT2D eigenvalue weighted by atomic mass is 10.2. The van der Waals surface area contributed by atoms with Gasteiger partial charge in [0.1, 0.15) is 24.3 Å². The molecule has 0 radical (unpaired) electrons. The van der Waals surface area contributed by atoms with Crippen molar-refractivity contribution in [1.82, 2.24) is 39.7 Å². The number of aryl methyl sites for hydroxylation is 2. The molecule has 1 aromatic carbocycles. The van der Waals surface area contributed by atoms with Crippen LogP contribution in [0.5, 0.6) is 23.3 Å². The fraction of sp³-hybridized carbons (Fsp3) is 0.405. The molecule has 14 heteroatoms. The van der Waals surface area contributed by atoms with Gasteiger partial charge in [0.05, 0.1) is 25.6 Å². The van der Waals surface area contributed by atoms with Crippen molar-refractivity contribution in [1.29, 1.82) is 0 Å². The van der Waals surface area contributed by atoms with Crippen molar-refractivity contribution in [3.8, 4) is 34.9 Å². The molecule has 1 N–H and O–H groups in total. The van der Waals surface area contributed by atoms with E-state index in [0.29, 0.717) is 18.4 Å². The quantitative estimate of drug-likeness (QED) is 0.256. The van der Waals surface area contributed by atoms with Gasteiger partial charge < -0.3 is 34.1 Å². The third kappa shape index (κ3) is 8.02. The van der Waals surface area contributed by atoms with Crippen LogP contribution >= 0.6 is 0 Å². The van der Waals surface area contributed by atoms with Crippen LogP contribution in [0.4, 0.5) is 11.6 Å². The second kappa shape index (κ2) is 15.7. The van der Waals surface area contributed by atoms with Crippen molar-refractivity contribution in [3.05, 3.63) is 84.2 Å². The predicted octanol–water partition coefficient (Wildman–Crippen LogP) is 3.54. The molecular formula is C37H46N10O4. The van der Waals surface area contributed by atoms with Crippen LogP contribution < -0.4 is 34.1 Å². The van der Waals surface area contributed by atoms with E-state index in [0.717, 1.165) is 105 Å². The molecule has 0 unspecified atom stereocenters. The summed E-state index contributed by atoms with van der Waals surface area (Å²) >= 11 is 0. The number of fused-ring (bicyclic) bond motifs is 1. The molecule has 268 valence electrons. The molecule has 0 bridgehead atoms. The summed E-state index contributed by atoms with van der Waals surface area (Å²) in [6, 6.07) is 23.5. The molecule has 1 atom stereocenters. The average molecular weight is 695 g/mol. The summed E-state index contributed by atoms with van der Waals surface area (Å²) in [6.45, 7) is 13.2. The maximum Gasteiger partial charge on any atom is 0.214 e. The van der Waals surface area contributed by atoms with Crippen LogP contribution in [0.1, 0.15) is 11.4 Å². The number of anilines is 2. The molecule has 4 aromatic heterocycles. The van der Waals surface area contributed by atoms with E-state index in [1.54, 1.807) is 14.2 Å². The normalized spacial score (nSPS) is 17.5. The van der Waals surface area contributed by atoms with Crippen LogP contribution in [0.15, 0.2) is 72.8 Å². The molecule has 5 aromatic rings. The van der Waals surface area contributed by atoms with Crippen LogP contribution in [0.2, 0.25) is 0 Å². The first-order chi connectivity index (χ1) is 25.0. The zero-order valence-corrected chi connectivity index (χ0v) is 29.7. The van der Waals surface area contributed by atoms with Crippen molar-refractivity contribution in [2.75, 3.05) is 89.5 Å². The van der Waals surface area contributed by atoms with E-state index in [4.69, 9.17) is 18.9 Å². The lowest BCUT2D eigenvalue weighted by molar-refractivity contribution is 0.0570. The zero-order chi connectivity index (χ0) is 35.2. The molecule has 8 rings (SSSR count). The molecule has 51 heavy (non-hydrogen) atoms. The van der Waals surface area contributed by atoms with Crippen molar-refractivity contribution < 1.29 is 18.9 Å². The smallest absolute Gasteiger partial charge is 0.214 e. The number of nitrogens with zero attached hydrogens (tertiary/aromatic N) is 9.